The molecule has 0 radical (unpaired) electrons. The van der Waals surface area contributed by atoms with E-state index in [4.69, 9.17) is 4.74 Å². The maximum absolute atomic E-state index is 14.7. The molecular weight excluding hydrogens is 478 g/mol. The summed E-state index contributed by atoms with van der Waals surface area (Å²) in [4.78, 5) is 45.6. The number of ketones is 1. The topological polar surface area (TPSA) is 87.7 Å². The van der Waals surface area contributed by atoms with E-state index >= 15 is 0 Å². The molecule has 2 fully saturated rings. The van der Waals surface area contributed by atoms with Crippen LogP contribution in [0.3, 0.4) is 0 Å². The number of rotatable bonds is 5. The fourth-order valence-corrected chi connectivity index (χ4v) is 7.61. The van der Waals surface area contributed by atoms with E-state index in [0.717, 1.165) is 18.4 Å². The number of Topliss-reactive ketones (excluding diaryl/α,β-unsaturated/α-hetero) is 1. The molecule has 2 amide bonds. The van der Waals surface area contributed by atoms with Crippen molar-refractivity contribution in [1.29, 1.82) is 0 Å². The summed E-state index contributed by atoms with van der Waals surface area (Å²) >= 11 is 0. The van der Waals surface area contributed by atoms with Gasteiger partial charge in [0.2, 0.25) is 5.91 Å². The SMILES string of the molecule is C=CCOc1cccc(C(=O)C2C3CCCN3[C@@]3(C(=O)Nc4ccccc43)[C@@]23C(=O)Nc2ccccc23)c1. The molecule has 2 unspecified atom stereocenters. The van der Waals surface area contributed by atoms with E-state index < -0.39 is 16.9 Å². The van der Waals surface area contributed by atoms with Gasteiger partial charge in [0.15, 0.2) is 5.78 Å². The summed E-state index contributed by atoms with van der Waals surface area (Å²) in [6.07, 6.45) is 3.21. The van der Waals surface area contributed by atoms with E-state index in [-0.39, 0.29) is 23.6 Å². The van der Waals surface area contributed by atoms with Crippen molar-refractivity contribution in [2.75, 3.05) is 23.8 Å². The van der Waals surface area contributed by atoms with Gasteiger partial charge >= 0.3 is 0 Å². The monoisotopic (exact) mass is 505 g/mol. The maximum atomic E-state index is 14.7. The lowest BCUT2D eigenvalue weighted by atomic mass is 9.57. The molecule has 4 heterocycles. The standard InChI is InChI=1S/C31H27N3O4/c1-2-17-38-20-10-7-9-19(18-20)27(35)26-25-15-8-16-34(25)31(22-12-4-6-14-24(22)33-29(31)37)30(26)21-11-3-5-13-23(21)32-28(30)36/h2-7,9-14,18,25-26H,1,8,15-17H2,(H,32,36)(H,33,37)/t25?,26?,30-,31+/m1/s1. The molecule has 7 heteroatoms. The zero-order valence-corrected chi connectivity index (χ0v) is 20.8. The van der Waals surface area contributed by atoms with Crippen molar-refractivity contribution < 1.29 is 19.1 Å². The van der Waals surface area contributed by atoms with Gasteiger partial charge in [-0.2, -0.15) is 0 Å². The van der Waals surface area contributed by atoms with Crippen LogP contribution >= 0.6 is 0 Å². The van der Waals surface area contributed by atoms with E-state index in [1.54, 1.807) is 30.3 Å². The predicted octanol–water partition coefficient (Wildman–Crippen LogP) is 4.27. The van der Waals surface area contributed by atoms with Crippen molar-refractivity contribution in [1.82, 2.24) is 4.90 Å². The Kier molecular flexibility index (Phi) is 4.91. The molecule has 4 atom stereocenters. The van der Waals surface area contributed by atoms with Crippen LogP contribution in [0.4, 0.5) is 11.4 Å². The average molecular weight is 506 g/mol. The van der Waals surface area contributed by atoms with Crippen LogP contribution in [0.25, 0.3) is 0 Å². The molecule has 2 saturated heterocycles. The number of amides is 2. The van der Waals surface area contributed by atoms with Crippen LogP contribution < -0.4 is 15.4 Å². The lowest BCUT2D eigenvalue weighted by Crippen LogP contribution is -2.62. The van der Waals surface area contributed by atoms with Gasteiger partial charge in [-0.05, 0) is 49.2 Å². The highest BCUT2D eigenvalue weighted by atomic mass is 16.5. The smallest absolute Gasteiger partial charge is 0.251 e. The zero-order chi connectivity index (χ0) is 26.1. The van der Waals surface area contributed by atoms with Crippen LogP contribution in [0.15, 0.2) is 85.5 Å². The highest BCUT2D eigenvalue weighted by molar-refractivity contribution is 6.21. The van der Waals surface area contributed by atoms with Gasteiger partial charge in [-0.15, -0.1) is 0 Å². The number of ether oxygens (including phenoxy) is 1. The summed E-state index contributed by atoms with van der Waals surface area (Å²) in [5, 5.41) is 6.14. The van der Waals surface area contributed by atoms with Crippen molar-refractivity contribution in [3.63, 3.8) is 0 Å². The molecule has 4 aliphatic rings. The molecule has 0 bridgehead atoms. The Bertz CT molecular complexity index is 1530. The molecule has 7 nitrogen and oxygen atoms in total. The summed E-state index contributed by atoms with van der Waals surface area (Å²) in [6, 6.07) is 21.9. The first-order chi connectivity index (χ1) is 18.5. The minimum Gasteiger partial charge on any atom is -0.490 e. The molecule has 7 rings (SSSR count). The number of hydrogen-bond donors (Lipinski definition) is 2. The van der Waals surface area contributed by atoms with Crippen LogP contribution in [0.2, 0.25) is 0 Å². The first-order valence-electron chi connectivity index (χ1n) is 13.0. The Hall–Kier alpha value is -4.23. The number of hydrogen-bond acceptors (Lipinski definition) is 5. The lowest BCUT2D eigenvalue weighted by molar-refractivity contribution is -0.137. The number of carbonyl (C=O) groups is 3. The molecule has 0 saturated carbocycles. The quantitative estimate of drug-likeness (QED) is 0.400. The minimum absolute atomic E-state index is 0.160. The summed E-state index contributed by atoms with van der Waals surface area (Å²) in [5.74, 6) is -0.943. The Balaban J connectivity index is 1.51. The number of carbonyl (C=O) groups excluding carboxylic acids is 3. The van der Waals surface area contributed by atoms with E-state index in [1.165, 1.54) is 0 Å². The highest BCUT2D eigenvalue weighted by Gasteiger charge is 2.81. The van der Waals surface area contributed by atoms with Crippen molar-refractivity contribution in [3.05, 3.63) is 102 Å². The first kappa shape index (κ1) is 22.9. The van der Waals surface area contributed by atoms with Gasteiger partial charge in [0.25, 0.3) is 5.91 Å². The van der Waals surface area contributed by atoms with Gasteiger partial charge in [-0.25, -0.2) is 0 Å². The second-order valence-electron chi connectivity index (χ2n) is 10.4. The molecule has 2 N–H and O–H groups in total. The third-order valence-electron chi connectivity index (χ3n) is 8.77. The summed E-state index contributed by atoms with van der Waals surface area (Å²) in [6.45, 7) is 4.63. The number of nitrogens with one attached hydrogen (secondary N) is 2. The van der Waals surface area contributed by atoms with Gasteiger partial charge in [-0.3, -0.25) is 19.3 Å². The number of para-hydroxylation sites is 2. The van der Waals surface area contributed by atoms with Crippen LogP contribution in [0.5, 0.6) is 5.75 Å². The summed E-state index contributed by atoms with van der Waals surface area (Å²) < 4.78 is 5.72. The Labute approximate surface area is 220 Å². The maximum Gasteiger partial charge on any atom is 0.251 e. The van der Waals surface area contributed by atoms with Crippen LogP contribution in [-0.4, -0.2) is 41.7 Å². The molecule has 2 spiro atoms. The normalized spacial score (nSPS) is 28.6. The summed E-state index contributed by atoms with van der Waals surface area (Å²) in [7, 11) is 0. The first-order valence-corrected chi connectivity index (χ1v) is 13.0. The van der Waals surface area contributed by atoms with Crippen LogP contribution in [-0.2, 0) is 20.5 Å². The second-order valence-corrected chi connectivity index (χ2v) is 10.4. The second kappa shape index (κ2) is 8.13. The Morgan fingerprint density at radius 1 is 0.974 bits per heavy atom. The summed E-state index contributed by atoms with van der Waals surface area (Å²) in [5.41, 5.74) is 0.456. The van der Waals surface area contributed by atoms with E-state index in [1.807, 2.05) is 48.5 Å². The van der Waals surface area contributed by atoms with Gasteiger partial charge in [0.1, 0.15) is 23.3 Å². The number of fused-ring (bicyclic) bond motifs is 7. The van der Waals surface area contributed by atoms with Crippen molar-refractivity contribution >= 4 is 29.0 Å². The predicted molar refractivity (Wildman–Crippen MR) is 143 cm³/mol. The van der Waals surface area contributed by atoms with Gasteiger partial charge in [0.05, 0.1) is 5.92 Å². The van der Waals surface area contributed by atoms with Crippen molar-refractivity contribution in [2.45, 2.75) is 29.8 Å². The largest absolute Gasteiger partial charge is 0.490 e. The molecule has 3 aromatic carbocycles. The highest BCUT2D eigenvalue weighted by Crippen LogP contribution is 2.67. The number of anilines is 2. The number of benzene rings is 3. The zero-order valence-electron chi connectivity index (χ0n) is 20.8. The van der Waals surface area contributed by atoms with E-state index in [2.05, 4.69) is 22.1 Å². The van der Waals surface area contributed by atoms with E-state index in [0.29, 0.717) is 41.4 Å². The Morgan fingerprint density at radius 2 is 1.68 bits per heavy atom. The lowest BCUT2D eigenvalue weighted by Gasteiger charge is -2.43. The Morgan fingerprint density at radius 3 is 2.47 bits per heavy atom. The molecule has 0 aromatic heterocycles. The van der Waals surface area contributed by atoms with Crippen molar-refractivity contribution in [2.24, 2.45) is 5.92 Å². The third-order valence-corrected chi connectivity index (χ3v) is 8.77. The molecule has 190 valence electrons. The van der Waals surface area contributed by atoms with Crippen molar-refractivity contribution in [3.8, 4) is 5.75 Å². The molecular formula is C31H27N3O4. The van der Waals surface area contributed by atoms with Crippen LogP contribution in [0, 0.1) is 5.92 Å². The molecule has 38 heavy (non-hydrogen) atoms. The minimum atomic E-state index is -1.44. The van der Waals surface area contributed by atoms with Gasteiger partial charge in [0, 0.05) is 28.5 Å². The molecule has 0 aliphatic carbocycles. The van der Waals surface area contributed by atoms with Crippen LogP contribution in [0.1, 0.15) is 34.3 Å². The van der Waals surface area contributed by atoms with Gasteiger partial charge in [-0.1, -0.05) is 61.2 Å². The number of nitrogens with zero attached hydrogens (tertiary/aromatic N) is 1. The van der Waals surface area contributed by atoms with Gasteiger partial charge < -0.3 is 15.4 Å². The molecule has 3 aromatic rings. The molecule has 4 aliphatic heterocycles. The van der Waals surface area contributed by atoms with E-state index in [9.17, 15) is 14.4 Å². The fraction of sp³-hybridized carbons (Fsp3) is 0.258. The third kappa shape index (κ3) is 2.64. The average Bonchev–Trinajstić information content (AvgIpc) is 3.66. The fourth-order valence-electron chi connectivity index (χ4n) is 7.61.